The van der Waals surface area contributed by atoms with E-state index < -0.39 is 5.60 Å². The maximum atomic E-state index is 12.7. The molecule has 3 atom stereocenters. The Morgan fingerprint density at radius 1 is 1.22 bits per heavy atom. The van der Waals surface area contributed by atoms with Gasteiger partial charge in [0.15, 0.2) is 0 Å². The SMILES string of the molecule is C=CCOc1cc(Cl)c(Cl)cc1/C(=N/SC(C)(C)CC)C1C(C)CCC1CN(C)C(=O)OC(C)(C)C. The summed E-state index contributed by atoms with van der Waals surface area (Å²) in [6, 6.07) is 3.62. The second-order valence-electron chi connectivity index (χ2n) is 11.2. The monoisotopic (exact) mass is 556 g/mol. The molecule has 5 nitrogen and oxygen atoms in total. The van der Waals surface area contributed by atoms with Gasteiger partial charge < -0.3 is 14.4 Å². The number of hydrogen-bond acceptors (Lipinski definition) is 5. The first-order valence-electron chi connectivity index (χ1n) is 12.6. The largest absolute Gasteiger partial charge is 0.489 e. The van der Waals surface area contributed by atoms with Crippen molar-refractivity contribution in [3.8, 4) is 5.75 Å². The molecule has 0 heterocycles. The molecule has 2 rings (SSSR count). The van der Waals surface area contributed by atoms with Gasteiger partial charge in [0, 0.05) is 35.9 Å². The lowest BCUT2D eigenvalue weighted by molar-refractivity contribution is 0.0267. The van der Waals surface area contributed by atoms with Gasteiger partial charge in [-0.15, -0.1) is 0 Å². The minimum absolute atomic E-state index is 0.0335. The van der Waals surface area contributed by atoms with E-state index in [0.29, 0.717) is 34.9 Å². The smallest absolute Gasteiger partial charge is 0.410 e. The minimum Gasteiger partial charge on any atom is -0.489 e. The highest BCUT2D eigenvalue weighted by atomic mass is 35.5. The molecule has 0 spiro atoms. The zero-order valence-electron chi connectivity index (χ0n) is 23.0. The Morgan fingerprint density at radius 2 is 1.86 bits per heavy atom. The predicted molar refractivity (Wildman–Crippen MR) is 155 cm³/mol. The molecule has 1 aromatic rings. The first-order chi connectivity index (χ1) is 16.7. The Bertz CT molecular complexity index is 959. The summed E-state index contributed by atoms with van der Waals surface area (Å²) in [7, 11) is 1.80. The molecule has 1 aliphatic rings. The van der Waals surface area contributed by atoms with Crippen molar-refractivity contribution in [1.29, 1.82) is 0 Å². The van der Waals surface area contributed by atoms with Crippen molar-refractivity contribution >= 4 is 47.0 Å². The molecule has 0 aromatic heterocycles. The van der Waals surface area contributed by atoms with Crippen molar-refractivity contribution in [2.75, 3.05) is 20.2 Å². The highest BCUT2D eigenvalue weighted by Crippen LogP contribution is 2.44. The van der Waals surface area contributed by atoms with Gasteiger partial charge in [0.25, 0.3) is 0 Å². The predicted octanol–water partition coefficient (Wildman–Crippen LogP) is 8.71. The lowest BCUT2D eigenvalue weighted by Crippen LogP contribution is -2.39. The van der Waals surface area contributed by atoms with Gasteiger partial charge in [0.05, 0.1) is 15.8 Å². The lowest BCUT2D eigenvalue weighted by Gasteiger charge is -2.31. The standard InChI is InChI=1S/C28H42Cl2N2O3S/c1-10-14-34-23-16-22(30)21(29)15-20(23)25(31-36-28(7,8)11-2)24-18(3)12-13-19(24)17-32(9)26(33)35-27(4,5)6/h10,15-16,18-19,24H,1,11-14,17H2,2-9H3/b31-25-. The van der Waals surface area contributed by atoms with E-state index in [0.717, 1.165) is 30.5 Å². The maximum absolute atomic E-state index is 12.7. The van der Waals surface area contributed by atoms with Crippen LogP contribution in [0.1, 0.15) is 73.3 Å². The summed E-state index contributed by atoms with van der Waals surface area (Å²) in [6.07, 6.45) is 4.40. The van der Waals surface area contributed by atoms with Crippen molar-refractivity contribution in [2.45, 2.75) is 78.1 Å². The molecule has 36 heavy (non-hydrogen) atoms. The van der Waals surface area contributed by atoms with Gasteiger partial charge in [0.2, 0.25) is 0 Å². The zero-order valence-corrected chi connectivity index (χ0v) is 25.3. The first kappa shape index (κ1) is 30.9. The number of nitrogens with zero attached hydrogens (tertiary/aromatic N) is 2. The second kappa shape index (κ2) is 12.9. The van der Waals surface area contributed by atoms with Crippen LogP contribution in [-0.4, -0.2) is 47.3 Å². The van der Waals surface area contributed by atoms with Gasteiger partial charge >= 0.3 is 6.09 Å². The van der Waals surface area contributed by atoms with Crippen LogP contribution in [0.15, 0.2) is 29.2 Å². The van der Waals surface area contributed by atoms with E-state index in [-0.39, 0.29) is 22.7 Å². The van der Waals surface area contributed by atoms with Crippen LogP contribution >= 0.6 is 35.1 Å². The topological polar surface area (TPSA) is 51.1 Å². The van der Waals surface area contributed by atoms with E-state index in [1.165, 1.54) is 0 Å². The third-order valence-corrected chi connectivity index (χ3v) is 8.33. The van der Waals surface area contributed by atoms with Crippen LogP contribution in [-0.2, 0) is 4.74 Å². The number of halogens is 2. The number of hydrogen-bond donors (Lipinski definition) is 0. The van der Waals surface area contributed by atoms with E-state index in [1.54, 1.807) is 36.0 Å². The number of benzene rings is 1. The number of ether oxygens (including phenoxy) is 2. The summed E-state index contributed by atoms with van der Waals surface area (Å²) in [5.74, 6) is 1.32. The van der Waals surface area contributed by atoms with Gasteiger partial charge in [-0.05, 0) is 83.7 Å². The zero-order chi connectivity index (χ0) is 27.3. The van der Waals surface area contributed by atoms with Crippen LogP contribution in [0.4, 0.5) is 4.79 Å². The summed E-state index contributed by atoms with van der Waals surface area (Å²) >= 11 is 14.5. The Hall–Kier alpha value is -1.37. The molecule has 1 fully saturated rings. The molecule has 1 aromatic carbocycles. The Morgan fingerprint density at radius 3 is 2.44 bits per heavy atom. The fourth-order valence-electron chi connectivity index (χ4n) is 4.29. The fourth-order valence-corrected chi connectivity index (χ4v) is 5.30. The fraction of sp³-hybridized carbons (Fsp3) is 0.643. The molecule has 8 heteroatoms. The maximum Gasteiger partial charge on any atom is 0.410 e. The summed E-state index contributed by atoms with van der Waals surface area (Å²) in [5, 5.41) is 0.888. The number of amides is 1. The van der Waals surface area contributed by atoms with E-state index >= 15 is 0 Å². The quantitative estimate of drug-likeness (QED) is 0.164. The van der Waals surface area contributed by atoms with Crippen LogP contribution in [0.5, 0.6) is 5.75 Å². The normalized spacial score (nSPS) is 20.8. The molecule has 1 amide bonds. The molecule has 1 saturated carbocycles. The van der Waals surface area contributed by atoms with E-state index in [4.69, 9.17) is 37.1 Å². The van der Waals surface area contributed by atoms with Crippen molar-refractivity contribution in [3.63, 3.8) is 0 Å². The summed E-state index contributed by atoms with van der Waals surface area (Å²) in [5.41, 5.74) is 1.24. The highest BCUT2D eigenvalue weighted by molar-refractivity contribution is 7.99. The summed E-state index contributed by atoms with van der Waals surface area (Å²) < 4.78 is 16.8. The van der Waals surface area contributed by atoms with Gasteiger partial charge in [0.1, 0.15) is 18.0 Å². The van der Waals surface area contributed by atoms with Crippen LogP contribution in [0, 0.1) is 17.8 Å². The molecular weight excluding hydrogens is 515 g/mol. The Balaban J connectivity index is 2.53. The van der Waals surface area contributed by atoms with Crippen molar-refractivity contribution in [1.82, 2.24) is 4.90 Å². The summed E-state index contributed by atoms with van der Waals surface area (Å²) in [4.78, 5) is 14.4. The molecule has 0 N–H and O–H groups in total. The molecule has 1 aliphatic carbocycles. The van der Waals surface area contributed by atoms with Crippen molar-refractivity contribution in [2.24, 2.45) is 22.2 Å². The van der Waals surface area contributed by atoms with Gasteiger partial charge in [-0.25, -0.2) is 9.19 Å². The lowest BCUT2D eigenvalue weighted by atomic mass is 9.82. The van der Waals surface area contributed by atoms with Gasteiger partial charge in [-0.1, -0.05) is 49.7 Å². The van der Waals surface area contributed by atoms with Crippen molar-refractivity contribution in [3.05, 3.63) is 40.4 Å². The second-order valence-corrected chi connectivity index (χ2v) is 13.5. The van der Waals surface area contributed by atoms with Crippen LogP contribution in [0.25, 0.3) is 0 Å². The minimum atomic E-state index is -0.542. The number of carbonyl (C=O) groups is 1. The third kappa shape index (κ3) is 8.59. The first-order valence-corrected chi connectivity index (χ1v) is 14.1. The van der Waals surface area contributed by atoms with Gasteiger partial charge in [-0.3, -0.25) is 0 Å². The summed E-state index contributed by atoms with van der Waals surface area (Å²) in [6.45, 7) is 19.1. The van der Waals surface area contributed by atoms with Crippen LogP contribution < -0.4 is 4.74 Å². The average molecular weight is 558 g/mol. The van der Waals surface area contributed by atoms with E-state index in [2.05, 4.69) is 34.3 Å². The molecule has 0 bridgehead atoms. The van der Waals surface area contributed by atoms with E-state index in [1.807, 2.05) is 26.8 Å². The molecule has 0 aliphatic heterocycles. The van der Waals surface area contributed by atoms with E-state index in [9.17, 15) is 4.79 Å². The van der Waals surface area contributed by atoms with Gasteiger partial charge in [-0.2, -0.15) is 0 Å². The Kier molecular flexibility index (Phi) is 11.1. The molecule has 3 unspecified atom stereocenters. The molecular formula is C28H42Cl2N2O3S. The highest BCUT2D eigenvalue weighted by Gasteiger charge is 2.40. The molecule has 0 saturated heterocycles. The number of rotatable bonds is 10. The Labute approximate surface area is 232 Å². The molecule has 0 radical (unpaired) electrons. The number of carbonyl (C=O) groups excluding carboxylic acids is 1. The van der Waals surface area contributed by atoms with Crippen LogP contribution in [0.3, 0.4) is 0 Å². The average Bonchev–Trinajstić information content (AvgIpc) is 3.13. The third-order valence-electron chi connectivity index (χ3n) is 6.54. The van der Waals surface area contributed by atoms with Crippen molar-refractivity contribution < 1.29 is 14.3 Å². The van der Waals surface area contributed by atoms with Crippen LogP contribution in [0.2, 0.25) is 10.0 Å². The molecule has 202 valence electrons.